The van der Waals surface area contributed by atoms with E-state index >= 15 is 0 Å². The van der Waals surface area contributed by atoms with Crippen molar-refractivity contribution in [3.63, 3.8) is 0 Å². The van der Waals surface area contributed by atoms with Crippen LogP contribution in [-0.4, -0.2) is 11.1 Å². The molecule has 1 heterocycles. The fraction of sp³-hybridized carbons (Fsp3) is 0.214. The summed E-state index contributed by atoms with van der Waals surface area (Å²) in [6.07, 6.45) is 0.0232. The monoisotopic (exact) mass is 328 g/mol. The Bertz CT molecular complexity index is 620. The molecule has 0 atom stereocenters. The van der Waals surface area contributed by atoms with Gasteiger partial charge in [0.1, 0.15) is 5.03 Å². The highest BCUT2D eigenvalue weighted by molar-refractivity contribution is 7.99. The number of nitrogens with two attached hydrogens (primary N) is 1. The molecule has 3 nitrogen and oxygen atoms in total. The molecule has 0 saturated carbocycles. The Morgan fingerprint density at radius 2 is 1.90 bits per heavy atom. The summed E-state index contributed by atoms with van der Waals surface area (Å²) >= 11 is 13.4. The van der Waals surface area contributed by atoms with E-state index in [1.807, 2.05) is 26.0 Å². The number of hydrogen-bond donors (Lipinski definition) is 1. The SMILES string of the molecule is CC(C)Oc1nc(Sc2ccc(Cl)c(Cl)c2)ccc1N. The predicted octanol–water partition coefficient (Wildman–Crippen LogP) is 4.91. The number of nitrogens with zero attached hydrogens (tertiary/aromatic N) is 1. The highest BCUT2D eigenvalue weighted by Gasteiger charge is 2.08. The van der Waals surface area contributed by atoms with Crippen LogP contribution in [0.4, 0.5) is 5.69 Å². The van der Waals surface area contributed by atoms with Gasteiger partial charge in [0.2, 0.25) is 5.88 Å². The summed E-state index contributed by atoms with van der Waals surface area (Å²) in [5.74, 6) is 0.449. The van der Waals surface area contributed by atoms with E-state index in [2.05, 4.69) is 4.98 Å². The van der Waals surface area contributed by atoms with E-state index in [0.29, 0.717) is 21.6 Å². The van der Waals surface area contributed by atoms with Crippen LogP contribution in [-0.2, 0) is 0 Å². The summed E-state index contributed by atoms with van der Waals surface area (Å²) < 4.78 is 5.57. The van der Waals surface area contributed by atoms with Gasteiger partial charge in [0.25, 0.3) is 0 Å². The third kappa shape index (κ3) is 3.95. The van der Waals surface area contributed by atoms with Crippen molar-refractivity contribution in [2.24, 2.45) is 0 Å². The van der Waals surface area contributed by atoms with Crippen LogP contribution in [0.15, 0.2) is 40.3 Å². The summed E-state index contributed by atoms with van der Waals surface area (Å²) in [5, 5.41) is 1.84. The van der Waals surface area contributed by atoms with Crippen molar-refractivity contribution in [3.8, 4) is 5.88 Å². The van der Waals surface area contributed by atoms with Gasteiger partial charge in [0.05, 0.1) is 21.8 Å². The molecule has 20 heavy (non-hydrogen) atoms. The molecule has 106 valence electrons. The van der Waals surface area contributed by atoms with Crippen molar-refractivity contribution in [2.45, 2.75) is 29.9 Å². The zero-order valence-corrected chi connectivity index (χ0v) is 13.4. The first-order valence-corrected chi connectivity index (χ1v) is 7.59. The van der Waals surface area contributed by atoms with Gasteiger partial charge in [-0.3, -0.25) is 0 Å². The molecule has 0 amide bonds. The van der Waals surface area contributed by atoms with E-state index < -0.39 is 0 Å². The first kappa shape index (κ1) is 15.3. The van der Waals surface area contributed by atoms with Gasteiger partial charge >= 0.3 is 0 Å². The minimum atomic E-state index is 0.0232. The molecule has 2 N–H and O–H groups in total. The smallest absolute Gasteiger partial charge is 0.238 e. The van der Waals surface area contributed by atoms with Crippen molar-refractivity contribution in [2.75, 3.05) is 5.73 Å². The number of ether oxygens (including phenoxy) is 1. The van der Waals surface area contributed by atoms with Gasteiger partial charge in [0.15, 0.2) is 0 Å². The fourth-order valence-electron chi connectivity index (χ4n) is 1.47. The van der Waals surface area contributed by atoms with E-state index in [-0.39, 0.29) is 6.10 Å². The predicted molar refractivity (Wildman–Crippen MR) is 85.0 cm³/mol. The molecular formula is C14H14Cl2N2OS. The average molecular weight is 329 g/mol. The summed E-state index contributed by atoms with van der Waals surface area (Å²) in [6.45, 7) is 3.86. The lowest BCUT2D eigenvalue weighted by Crippen LogP contribution is -2.09. The molecule has 0 aliphatic carbocycles. The molecule has 0 bridgehead atoms. The van der Waals surface area contributed by atoms with Gasteiger partial charge < -0.3 is 10.5 Å². The molecule has 1 aromatic carbocycles. The van der Waals surface area contributed by atoms with Crippen molar-refractivity contribution in [1.82, 2.24) is 4.98 Å². The molecule has 0 aliphatic heterocycles. The van der Waals surface area contributed by atoms with E-state index in [1.54, 1.807) is 18.2 Å². The Hall–Kier alpha value is -1.10. The molecule has 1 aromatic heterocycles. The van der Waals surface area contributed by atoms with Gasteiger partial charge in [-0.05, 0) is 44.2 Å². The lowest BCUT2D eigenvalue weighted by Gasteiger charge is -2.12. The lowest BCUT2D eigenvalue weighted by molar-refractivity contribution is 0.232. The standard InChI is InChI=1S/C14H14Cl2N2OS/c1-8(2)19-14-12(17)5-6-13(18-14)20-9-3-4-10(15)11(16)7-9/h3-8H,17H2,1-2H3. The Labute approximate surface area is 132 Å². The Morgan fingerprint density at radius 1 is 1.15 bits per heavy atom. The van der Waals surface area contributed by atoms with E-state index in [0.717, 1.165) is 9.92 Å². The molecule has 0 radical (unpaired) electrons. The molecule has 6 heteroatoms. The number of hydrogen-bond acceptors (Lipinski definition) is 4. The largest absolute Gasteiger partial charge is 0.473 e. The first-order valence-electron chi connectivity index (χ1n) is 6.02. The second-order valence-corrected chi connectivity index (χ2v) is 6.30. The van der Waals surface area contributed by atoms with Crippen LogP contribution in [0.25, 0.3) is 0 Å². The van der Waals surface area contributed by atoms with Crippen LogP contribution in [0.5, 0.6) is 5.88 Å². The van der Waals surface area contributed by atoms with Gasteiger partial charge in [-0.25, -0.2) is 4.98 Å². The van der Waals surface area contributed by atoms with E-state index in [9.17, 15) is 0 Å². The van der Waals surface area contributed by atoms with Crippen molar-refractivity contribution >= 4 is 40.7 Å². The van der Waals surface area contributed by atoms with Gasteiger partial charge in [-0.1, -0.05) is 35.0 Å². The number of anilines is 1. The second-order valence-electron chi connectivity index (χ2n) is 4.39. The minimum Gasteiger partial charge on any atom is -0.473 e. The van der Waals surface area contributed by atoms with Crippen LogP contribution >= 0.6 is 35.0 Å². The molecule has 0 unspecified atom stereocenters. The Balaban J connectivity index is 2.22. The van der Waals surface area contributed by atoms with Crippen LogP contribution in [0.3, 0.4) is 0 Å². The summed E-state index contributed by atoms with van der Waals surface area (Å²) in [6, 6.07) is 9.07. The van der Waals surface area contributed by atoms with Crippen molar-refractivity contribution in [3.05, 3.63) is 40.4 Å². The summed E-state index contributed by atoms with van der Waals surface area (Å²) in [4.78, 5) is 5.35. The van der Waals surface area contributed by atoms with Crippen LogP contribution in [0.1, 0.15) is 13.8 Å². The zero-order chi connectivity index (χ0) is 14.7. The highest BCUT2D eigenvalue weighted by atomic mass is 35.5. The number of aromatic nitrogens is 1. The second kappa shape index (κ2) is 6.57. The number of rotatable bonds is 4. The molecule has 0 aliphatic rings. The average Bonchev–Trinajstić information content (AvgIpc) is 2.37. The highest BCUT2D eigenvalue weighted by Crippen LogP contribution is 2.33. The van der Waals surface area contributed by atoms with Gasteiger partial charge in [-0.15, -0.1) is 0 Å². The third-order valence-electron chi connectivity index (χ3n) is 2.32. The number of benzene rings is 1. The number of pyridine rings is 1. The van der Waals surface area contributed by atoms with Crippen molar-refractivity contribution in [1.29, 1.82) is 0 Å². The topological polar surface area (TPSA) is 48.1 Å². The lowest BCUT2D eigenvalue weighted by atomic mass is 10.4. The molecule has 0 saturated heterocycles. The summed E-state index contributed by atoms with van der Waals surface area (Å²) in [7, 11) is 0. The van der Waals surface area contributed by atoms with Gasteiger partial charge in [0, 0.05) is 4.90 Å². The zero-order valence-electron chi connectivity index (χ0n) is 11.1. The summed E-state index contributed by atoms with van der Waals surface area (Å²) in [5.41, 5.74) is 6.36. The van der Waals surface area contributed by atoms with Crippen LogP contribution in [0.2, 0.25) is 10.0 Å². The molecule has 2 rings (SSSR count). The fourth-order valence-corrected chi connectivity index (χ4v) is 2.65. The Morgan fingerprint density at radius 3 is 2.55 bits per heavy atom. The third-order valence-corrected chi connectivity index (χ3v) is 3.99. The Kier molecular flexibility index (Phi) is 5.02. The van der Waals surface area contributed by atoms with E-state index in [4.69, 9.17) is 33.7 Å². The van der Waals surface area contributed by atoms with Crippen LogP contribution < -0.4 is 10.5 Å². The first-order chi connectivity index (χ1) is 9.45. The van der Waals surface area contributed by atoms with Crippen molar-refractivity contribution < 1.29 is 4.74 Å². The molecule has 0 fully saturated rings. The molecular weight excluding hydrogens is 315 g/mol. The molecule has 2 aromatic rings. The maximum absolute atomic E-state index is 6.00. The minimum absolute atomic E-state index is 0.0232. The number of halogens is 2. The molecule has 0 spiro atoms. The van der Waals surface area contributed by atoms with E-state index in [1.165, 1.54) is 11.8 Å². The quantitative estimate of drug-likeness (QED) is 0.866. The maximum atomic E-state index is 6.00. The normalized spacial score (nSPS) is 10.8. The van der Waals surface area contributed by atoms with Gasteiger partial charge in [-0.2, -0.15) is 0 Å². The maximum Gasteiger partial charge on any atom is 0.238 e. The number of nitrogen functional groups attached to an aromatic ring is 1. The van der Waals surface area contributed by atoms with Crippen LogP contribution in [0, 0.1) is 0 Å².